The molecular formula is C21H22N2O4. The molecule has 27 heavy (non-hydrogen) atoms. The predicted octanol–water partition coefficient (Wildman–Crippen LogP) is 2.47. The van der Waals surface area contributed by atoms with Crippen LogP contribution in [0, 0.1) is 0 Å². The van der Waals surface area contributed by atoms with Crippen LogP contribution in [0.25, 0.3) is 0 Å². The topological polar surface area (TPSA) is 77.9 Å². The van der Waals surface area contributed by atoms with E-state index in [0.29, 0.717) is 12.8 Å². The molecule has 1 N–H and O–H groups in total. The molecule has 0 spiro atoms. The highest BCUT2D eigenvalue weighted by Gasteiger charge is 2.31. The first kappa shape index (κ1) is 18.6. The second-order valence-corrected chi connectivity index (χ2v) is 6.63. The molecule has 0 bridgehead atoms. The van der Waals surface area contributed by atoms with Crippen LogP contribution in [-0.4, -0.2) is 40.4 Å². The lowest BCUT2D eigenvalue weighted by Gasteiger charge is -2.33. The van der Waals surface area contributed by atoms with Crippen molar-refractivity contribution in [3.63, 3.8) is 0 Å². The van der Waals surface area contributed by atoms with Gasteiger partial charge in [-0.25, -0.2) is 4.79 Å². The summed E-state index contributed by atoms with van der Waals surface area (Å²) in [7, 11) is 0. The summed E-state index contributed by atoms with van der Waals surface area (Å²) in [5, 5.41) is 9.42. The molecule has 0 fully saturated rings. The molecule has 1 aliphatic heterocycles. The van der Waals surface area contributed by atoms with Crippen molar-refractivity contribution in [3.05, 3.63) is 65.7 Å². The van der Waals surface area contributed by atoms with Gasteiger partial charge < -0.3 is 14.9 Å². The van der Waals surface area contributed by atoms with E-state index in [2.05, 4.69) is 0 Å². The molecule has 2 amide bonds. The van der Waals surface area contributed by atoms with E-state index in [9.17, 15) is 19.5 Å². The van der Waals surface area contributed by atoms with Crippen molar-refractivity contribution >= 4 is 23.5 Å². The Balaban J connectivity index is 1.84. The highest BCUT2D eigenvalue weighted by atomic mass is 16.4. The summed E-state index contributed by atoms with van der Waals surface area (Å²) in [5.74, 6) is -1.59. The summed E-state index contributed by atoms with van der Waals surface area (Å²) in [6.45, 7) is 1.49. The van der Waals surface area contributed by atoms with Crippen LogP contribution >= 0.6 is 0 Å². The molecule has 0 aliphatic carbocycles. The van der Waals surface area contributed by atoms with Gasteiger partial charge in [0.2, 0.25) is 11.8 Å². The average molecular weight is 366 g/mol. The van der Waals surface area contributed by atoms with E-state index in [1.165, 1.54) is 16.7 Å². The number of rotatable bonds is 6. The SMILES string of the molecule is CC(C(=O)O)N(Cc1ccccc1)C(=O)CN1C(=O)CCc2ccccc21. The van der Waals surface area contributed by atoms with E-state index in [0.717, 1.165) is 16.8 Å². The van der Waals surface area contributed by atoms with E-state index >= 15 is 0 Å². The van der Waals surface area contributed by atoms with Gasteiger partial charge in [0.25, 0.3) is 0 Å². The van der Waals surface area contributed by atoms with Crippen LogP contribution in [0.5, 0.6) is 0 Å². The Bertz CT molecular complexity index is 850. The van der Waals surface area contributed by atoms with E-state index in [4.69, 9.17) is 0 Å². The first-order chi connectivity index (χ1) is 13.0. The van der Waals surface area contributed by atoms with Gasteiger partial charge in [-0.05, 0) is 30.5 Å². The molecule has 1 unspecified atom stereocenters. The molecule has 0 radical (unpaired) electrons. The number of carboxylic acid groups (broad SMARTS) is 1. The molecule has 6 nitrogen and oxygen atoms in total. The molecule has 2 aromatic rings. The number of hydrogen-bond acceptors (Lipinski definition) is 3. The Morgan fingerprint density at radius 1 is 1.07 bits per heavy atom. The molecule has 0 aromatic heterocycles. The van der Waals surface area contributed by atoms with Crippen LogP contribution in [0.4, 0.5) is 5.69 Å². The minimum atomic E-state index is -1.08. The monoisotopic (exact) mass is 366 g/mol. The highest BCUT2D eigenvalue weighted by molar-refractivity contribution is 6.01. The van der Waals surface area contributed by atoms with Crippen LogP contribution in [0.1, 0.15) is 24.5 Å². The number of fused-ring (bicyclic) bond motifs is 1. The molecule has 1 aliphatic rings. The maximum absolute atomic E-state index is 13.0. The highest BCUT2D eigenvalue weighted by Crippen LogP contribution is 2.27. The van der Waals surface area contributed by atoms with Crippen LogP contribution < -0.4 is 4.90 Å². The Morgan fingerprint density at radius 3 is 2.44 bits per heavy atom. The zero-order valence-electron chi connectivity index (χ0n) is 15.2. The van der Waals surface area contributed by atoms with Gasteiger partial charge in [-0.15, -0.1) is 0 Å². The van der Waals surface area contributed by atoms with E-state index in [-0.39, 0.29) is 24.9 Å². The zero-order valence-corrected chi connectivity index (χ0v) is 15.2. The fourth-order valence-electron chi connectivity index (χ4n) is 3.25. The summed E-state index contributed by atoms with van der Waals surface area (Å²) in [5.41, 5.74) is 2.58. The number of aliphatic carboxylic acids is 1. The minimum absolute atomic E-state index is 0.121. The van der Waals surface area contributed by atoms with Gasteiger partial charge in [0.1, 0.15) is 12.6 Å². The van der Waals surface area contributed by atoms with Gasteiger partial charge in [-0.3, -0.25) is 9.59 Å². The van der Waals surface area contributed by atoms with Crippen LogP contribution in [-0.2, 0) is 27.3 Å². The number of carboxylic acids is 1. The second kappa shape index (κ2) is 8.03. The number of para-hydroxylation sites is 1. The quantitative estimate of drug-likeness (QED) is 0.852. The summed E-state index contributed by atoms with van der Waals surface area (Å²) >= 11 is 0. The van der Waals surface area contributed by atoms with Gasteiger partial charge in [-0.1, -0.05) is 48.5 Å². The number of amides is 2. The van der Waals surface area contributed by atoms with Gasteiger partial charge in [0.15, 0.2) is 0 Å². The third kappa shape index (κ3) is 4.16. The second-order valence-electron chi connectivity index (χ2n) is 6.63. The van der Waals surface area contributed by atoms with E-state index in [1.807, 2.05) is 54.6 Å². The number of aryl methyl sites for hydroxylation is 1. The lowest BCUT2D eigenvalue weighted by molar-refractivity contribution is -0.149. The van der Waals surface area contributed by atoms with Crippen molar-refractivity contribution in [1.29, 1.82) is 0 Å². The van der Waals surface area contributed by atoms with Crippen molar-refractivity contribution in [2.24, 2.45) is 0 Å². The first-order valence-corrected chi connectivity index (χ1v) is 8.92. The third-order valence-electron chi connectivity index (χ3n) is 4.83. The van der Waals surface area contributed by atoms with Gasteiger partial charge in [0, 0.05) is 18.7 Å². The molecule has 1 heterocycles. The fraction of sp³-hybridized carbons (Fsp3) is 0.286. The van der Waals surface area contributed by atoms with Gasteiger partial charge >= 0.3 is 5.97 Å². The Hall–Kier alpha value is -3.15. The number of carbonyl (C=O) groups is 3. The van der Waals surface area contributed by atoms with Gasteiger partial charge in [0.05, 0.1) is 0 Å². The maximum Gasteiger partial charge on any atom is 0.326 e. The van der Waals surface area contributed by atoms with Crippen LogP contribution in [0.3, 0.4) is 0 Å². The van der Waals surface area contributed by atoms with Crippen molar-refractivity contribution in [2.45, 2.75) is 32.4 Å². The van der Waals surface area contributed by atoms with Crippen LogP contribution in [0.15, 0.2) is 54.6 Å². The summed E-state index contributed by atoms with van der Waals surface area (Å²) < 4.78 is 0. The lowest BCUT2D eigenvalue weighted by atomic mass is 10.0. The third-order valence-corrected chi connectivity index (χ3v) is 4.83. The first-order valence-electron chi connectivity index (χ1n) is 8.92. The molecule has 2 aromatic carbocycles. The molecule has 1 atom stereocenters. The van der Waals surface area contributed by atoms with Crippen molar-refractivity contribution in [1.82, 2.24) is 4.90 Å². The molecule has 3 rings (SSSR count). The fourth-order valence-corrected chi connectivity index (χ4v) is 3.25. The summed E-state index contributed by atoms with van der Waals surface area (Å²) in [6.07, 6.45) is 0.996. The summed E-state index contributed by atoms with van der Waals surface area (Å²) in [6, 6.07) is 15.7. The molecule has 0 saturated carbocycles. The van der Waals surface area contributed by atoms with Crippen molar-refractivity contribution in [2.75, 3.05) is 11.4 Å². The molecule has 140 valence electrons. The largest absolute Gasteiger partial charge is 0.480 e. The van der Waals surface area contributed by atoms with E-state index in [1.54, 1.807) is 0 Å². The Kier molecular flexibility index (Phi) is 5.54. The van der Waals surface area contributed by atoms with Crippen molar-refractivity contribution in [3.8, 4) is 0 Å². The molecule has 0 saturated heterocycles. The average Bonchev–Trinajstić information content (AvgIpc) is 2.68. The maximum atomic E-state index is 13.0. The Labute approximate surface area is 158 Å². The number of anilines is 1. The standard InChI is InChI=1S/C21H22N2O4/c1-15(21(26)27)22(13-16-7-3-2-4-8-16)20(25)14-23-18-10-6-5-9-17(18)11-12-19(23)24/h2-10,15H,11-14H2,1H3,(H,26,27). The molecule has 6 heteroatoms. The lowest BCUT2D eigenvalue weighted by Crippen LogP contribution is -2.49. The smallest absolute Gasteiger partial charge is 0.326 e. The van der Waals surface area contributed by atoms with Crippen molar-refractivity contribution < 1.29 is 19.5 Å². The molecular weight excluding hydrogens is 344 g/mol. The number of hydrogen-bond donors (Lipinski definition) is 1. The zero-order chi connectivity index (χ0) is 19.4. The number of nitrogens with zero attached hydrogens (tertiary/aromatic N) is 2. The Morgan fingerprint density at radius 2 is 1.74 bits per heavy atom. The minimum Gasteiger partial charge on any atom is -0.480 e. The normalized spacial score (nSPS) is 14.4. The van der Waals surface area contributed by atoms with Gasteiger partial charge in [-0.2, -0.15) is 0 Å². The predicted molar refractivity (Wildman–Crippen MR) is 101 cm³/mol. The number of benzene rings is 2. The van der Waals surface area contributed by atoms with E-state index < -0.39 is 12.0 Å². The van der Waals surface area contributed by atoms with Crippen LogP contribution in [0.2, 0.25) is 0 Å². The number of carbonyl (C=O) groups excluding carboxylic acids is 2. The summed E-state index contributed by atoms with van der Waals surface area (Å²) in [4.78, 5) is 39.7.